The molecular weight excluding hydrogens is 130 g/mol. The number of rotatable bonds is 5. The summed E-state index contributed by atoms with van der Waals surface area (Å²) in [5.41, 5.74) is 5.14. The van der Waals surface area contributed by atoms with Crippen LogP contribution in [0.15, 0.2) is 12.3 Å². The first-order valence-electron chi connectivity index (χ1n) is 3.42. The van der Waals surface area contributed by atoms with Crippen molar-refractivity contribution in [1.82, 2.24) is 0 Å². The maximum Gasteiger partial charge on any atom is 0.0943 e. The van der Waals surface area contributed by atoms with Crippen LogP contribution < -0.4 is 5.73 Å². The van der Waals surface area contributed by atoms with Gasteiger partial charge < -0.3 is 15.6 Å². The van der Waals surface area contributed by atoms with E-state index in [9.17, 15) is 0 Å². The average molecular weight is 145 g/mol. The van der Waals surface area contributed by atoms with Crippen LogP contribution in [-0.2, 0) is 4.74 Å². The van der Waals surface area contributed by atoms with Gasteiger partial charge in [0.1, 0.15) is 0 Å². The zero-order valence-electron chi connectivity index (χ0n) is 6.29. The molecule has 3 heteroatoms. The molecule has 0 unspecified atom stereocenters. The first-order chi connectivity index (χ1) is 4.81. The average Bonchev–Trinajstić information content (AvgIpc) is 1.89. The summed E-state index contributed by atoms with van der Waals surface area (Å²) in [7, 11) is 0. The molecule has 3 nitrogen and oxygen atoms in total. The molecule has 3 N–H and O–H groups in total. The van der Waals surface area contributed by atoms with Crippen LogP contribution in [0.5, 0.6) is 0 Å². The van der Waals surface area contributed by atoms with E-state index in [1.807, 2.05) is 6.92 Å². The van der Waals surface area contributed by atoms with Crippen molar-refractivity contribution in [2.45, 2.75) is 25.9 Å². The summed E-state index contributed by atoms with van der Waals surface area (Å²) in [4.78, 5) is 0. The molecule has 0 bridgehead atoms. The summed E-state index contributed by atoms with van der Waals surface area (Å²) < 4.78 is 5.05. The molecule has 0 spiro atoms. The van der Waals surface area contributed by atoms with Crippen molar-refractivity contribution in [3.8, 4) is 0 Å². The standard InChI is InChI=1S/C7H15NO2/c1-7(10-6-8)4-2-3-5-9/h3,5,7,9H,2,4,6,8H2,1H3/b5-3+/t7-/m0/s1. The van der Waals surface area contributed by atoms with E-state index in [0.29, 0.717) is 0 Å². The Morgan fingerprint density at radius 1 is 1.70 bits per heavy atom. The number of allylic oxidation sites excluding steroid dienone is 1. The highest BCUT2D eigenvalue weighted by Gasteiger charge is 1.97. The van der Waals surface area contributed by atoms with Crippen molar-refractivity contribution in [2.75, 3.05) is 6.73 Å². The van der Waals surface area contributed by atoms with Gasteiger partial charge in [0, 0.05) is 0 Å². The van der Waals surface area contributed by atoms with Crippen LogP contribution in [0.3, 0.4) is 0 Å². The van der Waals surface area contributed by atoms with Gasteiger partial charge >= 0.3 is 0 Å². The number of nitrogens with two attached hydrogens (primary N) is 1. The lowest BCUT2D eigenvalue weighted by molar-refractivity contribution is 0.0659. The van der Waals surface area contributed by atoms with Gasteiger partial charge in [0.15, 0.2) is 0 Å². The first kappa shape index (κ1) is 9.46. The smallest absolute Gasteiger partial charge is 0.0943 e. The molecule has 10 heavy (non-hydrogen) atoms. The number of hydrogen-bond acceptors (Lipinski definition) is 3. The summed E-state index contributed by atoms with van der Waals surface area (Å²) in [6, 6.07) is 0. The Morgan fingerprint density at radius 3 is 2.90 bits per heavy atom. The van der Waals surface area contributed by atoms with Crippen LogP contribution in [0, 0.1) is 0 Å². The minimum Gasteiger partial charge on any atom is -0.516 e. The van der Waals surface area contributed by atoms with Crippen LogP contribution in [0.4, 0.5) is 0 Å². The van der Waals surface area contributed by atoms with E-state index in [0.717, 1.165) is 19.1 Å². The van der Waals surface area contributed by atoms with Crippen molar-refractivity contribution in [3.63, 3.8) is 0 Å². The van der Waals surface area contributed by atoms with Crippen LogP contribution >= 0.6 is 0 Å². The molecule has 0 saturated carbocycles. The molecule has 0 saturated heterocycles. The van der Waals surface area contributed by atoms with Gasteiger partial charge in [-0.25, -0.2) is 0 Å². The molecule has 1 atom stereocenters. The van der Waals surface area contributed by atoms with E-state index in [1.165, 1.54) is 0 Å². The van der Waals surface area contributed by atoms with E-state index in [2.05, 4.69) is 0 Å². The zero-order chi connectivity index (χ0) is 7.82. The largest absolute Gasteiger partial charge is 0.516 e. The van der Waals surface area contributed by atoms with Crippen LogP contribution in [-0.4, -0.2) is 17.9 Å². The maximum atomic E-state index is 8.26. The summed E-state index contributed by atoms with van der Waals surface area (Å²) in [5.74, 6) is 0. The minimum absolute atomic E-state index is 0.182. The fourth-order valence-corrected chi connectivity index (χ4v) is 0.653. The predicted molar refractivity (Wildman–Crippen MR) is 40.6 cm³/mol. The second-order valence-electron chi connectivity index (χ2n) is 2.11. The van der Waals surface area contributed by atoms with Crippen LogP contribution in [0.1, 0.15) is 19.8 Å². The minimum atomic E-state index is 0.182. The van der Waals surface area contributed by atoms with Crippen molar-refractivity contribution >= 4 is 0 Å². The predicted octanol–water partition coefficient (Wildman–Crippen LogP) is 1.16. The molecule has 0 radical (unpaired) electrons. The highest BCUT2D eigenvalue weighted by molar-refractivity contribution is 4.72. The highest BCUT2D eigenvalue weighted by atomic mass is 16.5. The molecule has 0 aliphatic rings. The molecule has 0 aromatic carbocycles. The third-order valence-corrected chi connectivity index (χ3v) is 1.23. The van der Waals surface area contributed by atoms with E-state index in [4.69, 9.17) is 15.6 Å². The van der Waals surface area contributed by atoms with Gasteiger partial charge in [0.05, 0.1) is 19.1 Å². The summed E-state index contributed by atoms with van der Waals surface area (Å²) in [5, 5.41) is 8.26. The molecule has 0 aromatic rings. The van der Waals surface area contributed by atoms with Gasteiger partial charge in [0.25, 0.3) is 0 Å². The van der Waals surface area contributed by atoms with E-state index < -0.39 is 0 Å². The van der Waals surface area contributed by atoms with Crippen molar-refractivity contribution in [2.24, 2.45) is 5.73 Å². The molecule has 0 aliphatic heterocycles. The van der Waals surface area contributed by atoms with Crippen LogP contribution in [0.2, 0.25) is 0 Å². The second-order valence-corrected chi connectivity index (χ2v) is 2.11. The van der Waals surface area contributed by atoms with Crippen molar-refractivity contribution in [1.29, 1.82) is 0 Å². The normalized spacial score (nSPS) is 14.2. The third-order valence-electron chi connectivity index (χ3n) is 1.23. The summed E-state index contributed by atoms with van der Waals surface area (Å²) in [6.45, 7) is 2.22. The number of aliphatic hydroxyl groups excluding tert-OH is 1. The lowest BCUT2D eigenvalue weighted by Crippen LogP contribution is -2.13. The van der Waals surface area contributed by atoms with Gasteiger partial charge in [-0.1, -0.05) is 6.08 Å². The fourth-order valence-electron chi connectivity index (χ4n) is 0.653. The van der Waals surface area contributed by atoms with E-state index >= 15 is 0 Å². The molecule has 0 fully saturated rings. The Bertz CT molecular complexity index is 93.6. The third kappa shape index (κ3) is 5.59. The molecule has 0 aliphatic carbocycles. The zero-order valence-corrected chi connectivity index (χ0v) is 6.29. The number of aliphatic hydroxyl groups is 1. The Labute approximate surface area is 61.5 Å². The second kappa shape index (κ2) is 6.58. The van der Waals surface area contributed by atoms with E-state index in [-0.39, 0.29) is 12.8 Å². The number of ether oxygens (including phenoxy) is 1. The Morgan fingerprint density at radius 2 is 2.40 bits per heavy atom. The quantitative estimate of drug-likeness (QED) is 0.451. The Hall–Kier alpha value is -0.540. The van der Waals surface area contributed by atoms with Gasteiger partial charge in [-0.3, -0.25) is 0 Å². The molecule has 0 aromatic heterocycles. The van der Waals surface area contributed by atoms with E-state index in [1.54, 1.807) is 6.08 Å². The molecule has 60 valence electrons. The molecular formula is C7H15NO2. The lowest BCUT2D eigenvalue weighted by Gasteiger charge is -2.08. The summed E-state index contributed by atoms with van der Waals surface area (Å²) >= 11 is 0. The topological polar surface area (TPSA) is 55.5 Å². The monoisotopic (exact) mass is 145 g/mol. The Balaban J connectivity index is 3.12. The maximum absolute atomic E-state index is 8.26. The Kier molecular flexibility index (Phi) is 6.22. The van der Waals surface area contributed by atoms with Crippen LogP contribution in [0.25, 0.3) is 0 Å². The lowest BCUT2D eigenvalue weighted by atomic mass is 10.2. The molecule has 0 rings (SSSR count). The molecule has 0 amide bonds. The summed E-state index contributed by atoms with van der Waals surface area (Å²) in [6.07, 6.45) is 4.65. The first-order valence-corrected chi connectivity index (χ1v) is 3.42. The SMILES string of the molecule is C[C@@H](CC/C=C/O)OCN. The van der Waals surface area contributed by atoms with Crippen molar-refractivity contribution in [3.05, 3.63) is 12.3 Å². The fraction of sp³-hybridized carbons (Fsp3) is 0.714. The number of hydrogen-bond donors (Lipinski definition) is 2. The van der Waals surface area contributed by atoms with Gasteiger partial charge in [-0.05, 0) is 19.8 Å². The van der Waals surface area contributed by atoms with Gasteiger partial charge in [-0.15, -0.1) is 0 Å². The molecule has 0 heterocycles. The van der Waals surface area contributed by atoms with Gasteiger partial charge in [-0.2, -0.15) is 0 Å². The highest BCUT2D eigenvalue weighted by Crippen LogP contribution is 2.00. The van der Waals surface area contributed by atoms with Crippen molar-refractivity contribution < 1.29 is 9.84 Å². The van der Waals surface area contributed by atoms with Gasteiger partial charge in [0.2, 0.25) is 0 Å².